The number of amides is 1. The Balaban J connectivity index is 2.91. The minimum absolute atomic E-state index is 0.0771. The maximum Gasteiger partial charge on any atom is 0.240 e. The molecule has 5 N–H and O–H groups in total. The monoisotopic (exact) mass is 251 g/mol. The van der Waals surface area contributed by atoms with Crippen molar-refractivity contribution < 1.29 is 4.79 Å². The molecule has 1 aromatic rings. The number of carbonyl (C=O) groups is 1. The molecule has 0 aliphatic heterocycles. The number of rotatable bonds is 6. The topological polar surface area (TPSA) is 107 Å². The van der Waals surface area contributed by atoms with Gasteiger partial charge in [-0.2, -0.15) is 0 Å². The Hall–Kier alpha value is -1.85. The molecule has 1 amide bonds. The summed E-state index contributed by atoms with van der Waals surface area (Å²) in [6.45, 7) is 5.87. The number of hydrogen-bond donors (Lipinski definition) is 3. The number of carbonyl (C=O) groups excluding carboxylic acids is 1. The molecule has 0 spiro atoms. The maximum absolute atomic E-state index is 11.3. The molecular weight excluding hydrogens is 230 g/mol. The molecule has 1 aromatic heterocycles. The van der Waals surface area contributed by atoms with E-state index < -0.39 is 11.9 Å². The van der Waals surface area contributed by atoms with Crippen LogP contribution in [0.15, 0.2) is 6.07 Å². The second-order valence-electron chi connectivity index (χ2n) is 4.61. The van der Waals surface area contributed by atoms with Crippen LogP contribution in [0.4, 0.5) is 11.6 Å². The normalized spacial score (nSPS) is 12.4. The van der Waals surface area contributed by atoms with Crippen molar-refractivity contribution in [3.05, 3.63) is 11.9 Å². The number of aromatic nitrogens is 2. The van der Waals surface area contributed by atoms with Crippen LogP contribution in [0, 0.1) is 5.92 Å². The first-order valence-corrected chi connectivity index (χ1v) is 6.13. The molecule has 6 heteroatoms. The zero-order chi connectivity index (χ0) is 13.7. The molecule has 0 bridgehead atoms. The molecule has 1 unspecified atom stereocenters. The summed E-state index contributed by atoms with van der Waals surface area (Å²) in [5, 5.41) is 3.01. The SMILES string of the molecule is CCCc1nc(N)cc(NC(C(N)=O)C(C)C)n1. The van der Waals surface area contributed by atoms with Gasteiger partial charge in [0.15, 0.2) is 0 Å². The molecule has 100 valence electrons. The van der Waals surface area contributed by atoms with Gasteiger partial charge in [-0.15, -0.1) is 0 Å². The molecule has 0 saturated carbocycles. The van der Waals surface area contributed by atoms with Crippen molar-refractivity contribution in [2.75, 3.05) is 11.1 Å². The number of nitrogens with one attached hydrogen (secondary N) is 1. The predicted molar refractivity (Wildman–Crippen MR) is 71.9 cm³/mol. The molecule has 0 aliphatic carbocycles. The zero-order valence-corrected chi connectivity index (χ0v) is 11.1. The van der Waals surface area contributed by atoms with Gasteiger partial charge in [0.25, 0.3) is 0 Å². The fourth-order valence-corrected chi connectivity index (χ4v) is 1.65. The van der Waals surface area contributed by atoms with Gasteiger partial charge < -0.3 is 16.8 Å². The first kappa shape index (κ1) is 14.2. The molecule has 6 nitrogen and oxygen atoms in total. The van der Waals surface area contributed by atoms with E-state index in [1.165, 1.54) is 0 Å². The number of nitrogens with zero attached hydrogens (tertiary/aromatic N) is 2. The van der Waals surface area contributed by atoms with Crippen LogP contribution in [0.5, 0.6) is 0 Å². The maximum atomic E-state index is 11.3. The lowest BCUT2D eigenvalue weighted by molar-refractivity contribution is -0.119. The Morgan fingerprint density at radius 1 is 1.44 bits per heavy atom. The number of hydrogen-bond acceptors (Lipinski definition) is 5. The molecule has 0 aliphatic rings. The highest BCUT2D eigenvalue weighted by Crippen LogP contribution is 2.13. The van der Waals surface area contributed by atoms with Gasteiger partial charge in [0.1, 0.15) is 23.5 Å². The van der Waals surface area contributed by atoms with Crippen LogP contribution in [0.2, 0.25) is 0 Å². The molecule has 0 radical (unpaired) electrons. The van der Waals surface area contributed by atoms with Gasteiger partial charge in [0, 0.05) is 12.5 Å². The fraction of sp³-hybridized carbons (Fsp3) is 0.583. The number of nitrogens with two attached hydrogens (primary N) is 2. The zero-order valence-electron chi connectivity index (χ0n) is 11.1. The van der Waals surface area contributed by atoms with E-state index >= 15 is 0 Å². The van der Waals surface area contributed by atoms with E-state index in [1.54, 1.807) is 6.07 Å². The highest BCUT2D eigenvalue weighted by molar-refractivity contribution is 5.83. The van der Waals surface area contributed by atoms with Gasteiger partial charge in [-0.05, 0) is 12.3 Å². The van der Waals surface area contributed by atoms with Crippen molar-refractivity contribution in [1.29, 1.82) is 0 Å². The van der Waals surface area contributed by atoms with Gasteiger partial charge in [-0.25, -0.2) is 9.97 Å². The van der Waals surface area contributed by atoms with E-state index in [4.69, 9.17) is 11.5 Å². The summed E-state index contributed by atoms with van der Waals surface area (Å²) in [6.07, 6.45) is 1.69. The lowest BCUT2D eigenvalue weighted by Gasteiger charge is -2.19. The summed E-state index contributed by atoms with van der Waals surface area (Å²) in [5.41, 5.74) is 11.1. The van der Waals surface area contributed by atoms with E-state index in [0.717, 1.165) is 12.8 Å². The lowest BCUT2D eigenvalue weighted by Crippen LogP contribution is -2.39. The van der Waals surface area contributed by atoms with Crippen molar-refractivity contribution in [1.82, 2.24) is 9.97 Å². The second kappa shape index (κ2) is 6.18. The molecule has 1 atom stereocenters. The van der Waals surface area contributed by atoms with Crippen LogP contribution < -0.4 is 16.8 Å². The van der Waals surface area contributed by atoms with Crippen LogP contribution in [0.3, 0.4) is 0 Å². The Kier molecular flexibility index (Phi) is 4.88. The van der Waals surface area contributed by atoms with Crippen LogP contribution in [0.25, 0.3) is 0 Å². The summed E-state index contributed by atoms with van der Waals surface area (Å²) >= 11 is 0. The molecule has 0 fully saturated rings. The molecule has 1 heterocycles. The Morgan fingerprint density at radius 3 is 2.61 bits per heavy atom. The molecule has 18 heavy (non-hydrogen) atoms. The van der Waals surface area contributed by atoms with E-state index in [9.17, 15) is 4.79 Å². The van der Waals surface area contributed by atoms with Gasteiger partial charge in [-0.1, -0.05) is 20.8 Å². The average molecular weight is 251 g/mol. The van der Waals surface area contributed by atoms with Gasteiger partial charge in [0.2, 0.25) is 5.91 Å². The highest BCUT2D eigenvalue weighted by atomic mass is 16.1. The fourth-order valence-electron chi connectivity index (χ4n) is 1.65. The predicted octanol–water partition coefficient (Wildman–Crippen LogP) is 0.933. The summed E-state index contributed by atoms with van der Waals surface area (Å²) in [6, 6.07) is 1.14. The third-order valence-corrected chi connectivity index (χ3v) is 2.54. The van der Waals surface area contributed by atoms with E-state index in [1.807, 2.05) is 20.8 Å². The van der Waals surface area contributed by atoms with Gasteiger partial charge >= 0.3 is 0 Å². The van der Waals surface area contributed by atoms with Crippen LogP contribution in [-0.4, -0.2) is 21.9 Å². The largest absolute Gasteiger partial charge is 0.384 e. The lowest BCUT2D eigenvalue weighted by atomic mass is 10.0. The molecule has 0 aromatic carbocycles. The Morgan fingerprint density at radius 2 is 2.11 bits per heavy atom. The third kappa shape index (κ3) is 3.87. The van der Waals surface area contributed by atoms with Gasteiger partial charge in [0.05, 0.1) is 0 Å². The Bertz CT molecular complexity index is 419. The average Bonchev–Trinajstić information content (AvgIpc) is 2.24. The minimum atomic E-state index is -0.464. The first-order chi connectivity index (χ1) is 8.43. The van der Waals surface area contributed by atoms with Crippen molar-refractivity contribution in [2.24, 2.45) is 11.7 Å². The molecule has 0 saturated heterocycles. The number of aryl methyl sites for hydroxylation is 1. The highest BCUT2D eigenvalue weighted by Gasteiger charge is 2.20. The van der Waals surface area contributed by atoms with E-state index in [2.05, 4.69) is 15.3 Å². The standard InChI is InChI=1S/C12H21N5O/c1-4-5-9-15-8(13)6-10(16-9)17-11(7(2)3)12(14)18/h6-7,11H,4-5H2,1-3H3,(H2,14,18)(H3,13,15,16,17). The number of primary amides is 1. The summed E-state index contributed by atoms with van der Waals surface area (Å²) in [5.74, 6) is 1.28. The third-order valence-electron chi connectivity index (χ3n) is 2.54. The van der Waals surface area contributed by atoms with Crippen molar-refractivity contribution in [3.63, 3.8) is 0 Å². The number of anilines is 2. The summed E-state index contributed by atoms with van der Waals surface area (Å²) in [4.78, 5) is 19.8. The first-order valence-electron chi connectivity index (χ1n) is 6.13. The summed E-state index contributed by atoms with van der Waals surface area (Å²) in [7, 11) is 0. The molecular formula is C12H21N5O. The summed E-state index contributed by atoms with van der Waals surface area (Å²) < 4.78 is 0. The van der Waals surface area contributed by atoms with Gasteiger partial charge in [-0.3, -0.25) is 4.79 Å². The van der Waals surface area contributed by atoms with Crippen LogP contribution >= 0.6 is 0 Å². The second-order valence-corrected chi connectivity index (χ2v) is 4.61. The number of nitrogen functional groups attached to an aromatic ring is 1. The van der Waals surface area contributed by atoms with Crippen molar-refractivity contribution >= 4 is 17.5 Å². The smallest absolute Gasteiger partial charge is 0.240 e. The van der Waals surface area contributed by atoms with Crippen LogP contribution in [-0.2, 0) is 11.2 Å². The quantitative estimate of drug-likeness (QED) is 0.697. The van der Waals surface area contributed by atoms with E-state index in [0.29, 0.717) is 17.5 Å². The van der Waals surface area contributed by atoms with Crippen molar-refractivity contribution in [2.45, 2.75) is 39.7 Å². The van der Waals surface area contributed by atoms with E-state index in [-0.39, 0.29) is 5.92 Å². The Labute approximate surface area is 107 Å². The molecule has 1 rings (SSSR count). The minimum Gasteiger partial charge on any atom is -0.384 e. The van der Waals surface area contributed by atoms with Crippen molar-refractivity contribution in [3.8, 4) is 0 Å². The van der Waals surface area contributed by atoms with Crippen LogP contribution in [0.1, 0.15) is 33.0 Å².